The van der Waals surface area contributed by atoms with Crippen LogP contribution < -0.4 is 10.2 Å². The molecule has 0 bridgehead atoms. The lowest BCUT2D eigenvalue weighted by molar-refractivity contribution is -0.117. The number of carbonyl (C=O) groups is 1. The van der Waals surface area contributed by atoms with Crippen molar-refractivity contribution in [3.8, 4) is 0 Å². The summed E-state index contributed by atoms with van der Waals surface area (Å²) in [5.74, 6) is -0.397. The Morgan fingerprint density at radius 3 is 2.55 bits per heavy atom. The van der Waals surface area contributed by atoms with Crippen LogP contribution >= 0.6 is 11.6 Å². The van der Waals surface area contributed by atoms with Gasteiger partial charge in [-0.25, -0.2) is 0 Å². The number of halogens is 1. The van der Waals surface area contributed by atoms with Crippen LogP contribution in [0, 0.1) is 0 Å². The number of carbonyl (C=O) groups excluding carboxylic acids is 1. The monoisotopic (exact) mass is 298 g/mol. The third-order valence-electron chi connectivity index (χ3n) is 2.70. The van der Waals surface area contributed by atoms with Gasteiger partial charge in [0.15, 0.2) is 0 Å². The van der Waals surface area contributed by atoms with Crippen LogP contribution in [-0.4, -0.2) is 49.5 Å². The van der Waals surface area contributed by atoms with Gasteiger partial charge < -0.3 is 20.4 Å². The van der Waals surface area contributed by atoms with Gasteiger partial charge in [0.05, 0.1) is 19.3 Å². The molecule has 6 heteroatoms. The number of nitrogens with one attached hydrogen (secondary N) is 1. The largest absolute Gasteiger partial charge is 0.394 e. The van der Waals surface area contributed by atoms with Crippen LogP contribution in [0.4, 0.5) is 5.69 Å². The van der Waals surface area contributed by atoms with Crippen molar-refractivity contribution in [2.24, 2.45) is 0 Å². The van der Waals surface area contributed by atoms with Gasteiger partial charge in [-0.3, -0.25) is 4.79 Å². The molecule has 0 aliphatic rings. The Balaban J connectivity index is 2.73. The highest BCUT2D eigenvalue weighted by molar-refractivity contribution is 6.32. The van der Waals surface area contributed by atoms with Crippen molar-refractivity contribution in [1.29, 1.82) is 0 Å². The van der Waals surface area contributed by atoms with Gasteiger partial charge in [-0.05, 0) is 23.8 Å². The summed E-state index contributed by atoms with van der Waals surface area (Å²) in [6, 6.07) is 4.87. The topological polar surface area (TPSA) is 72.8 Å². The highest BCUT2D eigenvalue weighted by atomic mass is 35.5. The van der Waals surface area contributed by atoms with Crippen molar-refractivity contribution in [1.82, 2.24) is 5.32 Å². The number of aliphatic hydroxyl groups excluding tert-OH is 2. The average molecular weight is 299 g/mol. The quantitative estimate of drug-likeness (QED) is 0.682. The minimum atomic E-state index is -0.654. The molecule has 0 radical (unpaired) electrons. The van der Waals surface area contributed by atoms with Crippen LogP contribution in [0.1, 0.15) is 5.56 Å². The molecular weight excluding hydrogens is 280 g/mol. The van der Waals surface area contributed by atoms with E-state index in [0.29, 0.717) is 5.02 Å². The van der Waals surface area contributed by atoms with E-state index in [1.165, 1.54) is 6.08 Å². The third kappa shape index (κ3) is 4.85. The van der Waals surface area contributed by atoms with Gasteiger partial charge in [0, 0.05) is 30.9 Å². The zero-order valence-electron chi connectivity index (χ0n) is 11.5. The summed E-state index contributed by atoms with van der Waals surface area (Å²) in [6.07, 6.45) is 2.90. The molecule has 110 valence electrons. The lowest BCUT2D eigenvalue weighted by Crippen LogP contribution is -2.39. The minimum absolute atomic E-state index is 0.311. The number of aliphatic hydroxyl groups is 2. The Morgan fingerprint density at radius 1 is 1.40 bits per heavy atom. The van der Waals surface area contributed by atoms with Gasteiger partial charge in [0.2, 0.25) is 5.91 Å². The Labute approximate surface area is 123 Å². The van der Waals surface area contributed by atoms with Gasteiger partial charge in [-0.2, -0.15) is 0 Å². The predicted molar refractivity (Wildman–Crippen MR) is 80.9 cm³/mol. The molecule has 0 fully saturated rings. The molecule has 0 aliphatic carbocycles. The van der Waals surface area contributed by atoms with Gasteiger partial charge in [-0.1, -0.05) is 17.7 Å². The first-order valence-electron chi connectivity index (χ1n) is 6.15. The van der Waals surface area contributed by atoms with Crippen molar-refractivity contribution >= 4 is 29.3 Å². The molecule has 3 N–H and O–H groups in total. The maximum absolute atomic E-state index is 11.6. The van der Waals surface area contributed by atoms with Crippen molar-refractivity contribution < 1.29 is 15.0 Å². The molecule has 0 saturated heterocycles. The number of benzene rings is 1. The van der Waals surface area contributed by atoms with E-state index < -0.39 is 11.9 Å². The fourth-order valence-electron chi connectivity index (χ4n) is 1.49. The highest BCUT2D eigenvalue weighted by Crippen LogP contribution is 2.23. The van der Waals surface area contributed by atoms with E-state index in [2.05, 4.69) is 5.32 Å². The Morgan fingerprint density at radius 2 is 2.05 bits per heavy atom. The molecule has 1 amide bonds. The van der Waals surface area contributed by atoms with Crippen LogP contribution in [0.5, 0.6) is 0 Å². The van der Waals surface area contributed by atoms with Gasteiger partial charge in [0.1, 0.15) is 0 Å². The van der Waals surface area contributed by atoms with Crippen molar-refractivity contribution in [2.75, 3.05) is 32.2 Å². The third-order valence-corrected chi connectivity index (χ3v) is 3.03. The van der Waals surface area contributed by atoms with Crippen molar-refractivity contribution in [3.05, 3.63) is 34.9 Å². The fourth-order valence-corrected chi connectivity index (χ4v) is 1.73. The number of rotatable bonds is 6. The molecular formula is C14H19ClN2O3. The second kappa shape index (κ2) is 7.89. The average Bonchev–Trinajstić information content (AvgIpc) is 2.43. The summed E-state index contributed by atoms with van der Waals surface area (Å²) in [5, 5.41) is 20.7. The number of nitrogens with zero attached hydrogens (tertiary/aromatic N) is 1. The first-order valence-corrected chi connectivity index (χ1v) is 6.53. The van der Waals surface area contributed by atoms with E-state index >= 15 is 0 Å². The summed E-state index contributed by atoms with van der Waals surface area (Å²) in [7, 11) is 3.83. The smallest absolute Gasteiger partial charge is 0.244 e. The molecule has 0 spiro atoms. The molecule has 0 aliphatic heterocycles. The Hall–Kier alpha value is -1.56. The molecule has 0 atom stereocenters. The van der Waals surface area contributed by atoms with Gasteiger partial charge >= 0.3 is 0 Å². The second-order valence-electron chi connectivity index (χ2n) is 4.50. The number of hydrogen-bond donors (Lipinski definition) is 3. The number of anilines is 1. The van der Waals surface area contributed by atoms with E-state index in [4.69, 9.17) is 21.8 Å². The first-order chi connectivity index (χ1) is 9.47. The van der Waals surface area contributed by atoms with Crippen LogP contribution in [0.3, 0.4) is 0 Å². The van der Waals surface area contributed by atoms with E-state index in [0.717, 1.165) is 11.3 Å². The van der Waals surface area contributed by atoms with Crippen molar-refractivity contribution in [3.63, 3.8) is 0 Å². The summed E-state index contributed by atoms with van der Waals surface area (Å²) in [5.41, 5.74) is 1.69. The van der Waals surface area contributed by atoms with Crippen molar-refractivity contribution in [2.45, 2.75) is 6.04 Å². The fraction of sp³-hybridized carbons (Fsp3) is 0.357. The minimum Gasteiger partial charge on any atom is -0.394 e. The van der Waals surface area contributed by atoms with E-state index in [-0.39, 0.29) is 13.2 Å². The summed E-state index contributed by atoms with van der Waals surface area (Å²) in [6.45, 7) is -0.622. The lowest BCUT2D eigenvalue weighted by atomic mass is 10.2. The molecule has 5 nitrogen and oxygen atoms in total. The zero-order chi connectivity index (χ0) is 15.1. The van der Waals surface area contributed by atoms with Crippen LogP contribution in [0.15, 0.2) is 24.3 Å². The molecule has 0 aromatic heterocycles. The van der Waals surface area contributed by atoms with Crippen LogP contribution in [-0.2, 0) is 4.79 Å². The predicted octanol–water partition coefficient (Wildman–Crippen LogP) is 0.889. The second-order valence-corrected chi connectivity index (χ2v) is 4.91. The molecule has 0 heterocycles. The molecule has 1 aromatic carbocycles. The zero-order valence-corrected chi connectivity index (χ0v) is 12.3. The summed E-state index contributed by atoms with van der Waals surface area (Å²) < 4.78 is 0. The molecule has 1 aromatic rings. The number of hydrogen-bond acceptors (Lipinski definition) is 4. The normalized spacial score (nSPS) is 11.1. The maximum Gasteiger partial charge on any atom is 0.244 e. The first kappa shape index (κ1) is 16.5. The van der Waals surface area contributed by atoms with E-state index in [1.807, 2.05) is 37.2 Å². The van der Waals surface area contributed by atoms with Gasteiger partial charge in [-0.15, -0.1) is 0 Å². The molecule has 0 saturated carbocycles. The Bertz CT molecular complexity index is 485. The summed E-state index contributed by atoms with van der Waals surface area (Å²) in [4.78, 5) is 13.5. The SMILES string of the molecule is CN(C)c1ccc(/C=C/C(=O)NC(CO)CO)c(Cl)c1. The summed E-state index contributed by atoms with van der Waals surface area (Å²) >= 11 is 6.13. The van der Waals surface area contributed by atoms with E-state index in [1.54, 1.807) is 6.08 Å². The lowest BCUT2D eigenvalue weighted by Gasteiger charge is -2.13. The maximum atomic E-state index is 11.6. The Kier molecular flexibility index (Phi) is 6.51. The standard InChI is InChI=1S/C14H19ClN2O3/c1-17(2)12-5-3-10(13(15)7-12)4-6-14(20)16-11(8-18)9-19/h3-7,11,18-19H,8-9H2,1-2H3,(H,16,20)/b6-4+. The van der Waals surface area contributed by atoms with Crippen LogP contribution in [0.25, 0.3) is 6.08 Å². The molecule has 0 unspecified atom stereocenters. The molecule has 20 heavy (non-hydrogen) atoms. The van der Waals surface area contributed by atoms with E-state index in [9.17, 15) is 4.79 Å². The number of amides is 1. The van der Waals surface area contributed by atoms with Gasteiger partial charge in [0.25, 0.3) is 0 Å². The van der Waals surface area contributed by atoms with Crippen LogP contribution in [0.2, 0.25) is 5.02 Å². The highest BCUT2D eigenvalue weighted by Gasteiger charge is 2.07. The molecule has 1 rings (SSSR count).